The summed E-state index contributed by atoms with van der Waals surface area (Å²) in [7, 11) is 0. The van der Waals surface area contributed by atoms with Crippen LogP contribution >= 0.6 is 0 Å². The van der Waals surface area contributed by atoms with Gasteiger partial charge in [-0.15, -0.1) is 0 Å². The van der Waals surface area contributed by atoms with Crippen LogP contribution in [0.1, 0.15) is 367 Å². The molecule has 0 N–H and O–H groups in total. The molecule has 0 saturated heterocycles. The molecule has 71 heavy (non-hydrogen) atoms. The van der Waals surface area contributed by atoms with Gasteiger partial charge in [-0.25, -0.2) is 0 Å². The summed E-state index contributed by atoms with van der Waals surface area (Å²) in [5.74, 6) is -0.865. The summed E-state index contributed by atoms with van der Waals surface area (Å²) in [6.07, 6.45) is 71.5. The monoisotopic (exact) mass is 1000 g/mol. The predicted octanol–water partition coefficient (Wildman–Crippen LogP) is 21.7. The fourth-order valence-corrected chi connectivity index (χ4v) is 9.92. The summed E-state index contributed by atoms with van der Waals surface area (Å²) in [4.78, 5) is 37.9. The summed E-state index contributed by atoms with van der Waals surface area (Å²) in [5, 5.41) is 0. The van der Waals surface area contributed by atoms with Crippen molar-refractivity contribution in [1.82, 2.24) is 0 Å². The van der Waals surface area contributed by atoms with Gasteiger partial charge in [-0.05, 0) is 38.5 Å². The van der Waals surface area contributed by atoms with Gasteiger partial charge in [0, 0.05) is 19.3 Å². The van der Waals surface area contributed by atoms with Crippen molar-refractivity contribution < 1.29 is 28.6 Å². The Morgan fingerprint density at radius 3 is 0.761 bits per heavy atom. The van der Waals surface area contributed by atoms with E-state index < -0.39 is 6.10 Å². The summed E-state index contributed by atoms with van der Waals surface area (Å²) in [6.45, 7) is 6.59. The zero-order valence-electron chi connectivity index (χ0n) is 48.3. The van der Waals surface area contributed by atoms with Gasteiger partial charge in [-0.1, -0.05) is 322 Å². The first-order valence-corrected chi connectivity index (χ1v) is 32.2. The lowest BCUT2D eigenvalue weighted by Crippen LogP contribution is -2.30. The zero-order valence-corrected chi connectivity index (χ0v) is 48.3. The highest BCUT2D eigenvalue weighted by Gasteiger charge is 2.19. The SMILES string of the molecule is CCC/C=C\CCCCCCCC(=O)OC(COC(=O)CCCCCCCCCC)COC(=O)CCCCCCCCCCCCCCCCCCCCCCCCCCCCCCCCCCCCC. The van der Waals surface area contributed by atoms with Gasteiger partial charge in [0.1, 0.15) is 13.2 Å². The molecule has 0 rings (SSSR count). The third-order valence-electron chi connectivity index (χ3n) is 14.8. The Bertz CT molecular complexity index is 1100. The van der Waals surface area contributed by atoms with Crippen LogP contribution in [0.15, 0.2) is 12.2 Å². The van der Waals surface area contributed by atoms with Crippen molar-refractivity contribution in [2.75, 3.05) is 13.2 Å². The van der Waals surface area contributed by atoms with Crippen LogP contribution < -0.4 is 0 Å². The predicted molar refractivity (Wildman–Crippen MR) is 307 cm³/mol. The van der Waals surface area contributed by atoms with E-state index in [9.17, 15) is 14.4 Å². The Hall–Kier alpha value is -1.85. The molecule has 0 aromatic rings. The Balaban J connectivity index is 3.82. The third kappa shape index (κ3) is 58.9. The minimum Gasteiger partial charge on any atom is -0.462 e. The van der Waals surface area contributed by atoms with E-state index in [1.54, 1.807) is 0 Å². The van der Waals surface area contributed by atoms with Crippen LogP contribution in [0, 0.1) is 0 Å². The maximum atomic E-state index is 12.7. The van der Waals surface area contributed by atoms with Gasteiger partial charge >= 0.3 is 17.9 Å². The summed E-state index contributed by atoms with van der Waals surface area (Å²) in [6, 6.07) is 0. The molecule has 0 aromatic carbocycles. The molecule has 6 nitrogen and oxygen atoms in total. The smallest absolute Gasteiger partial charge is 0.306 e. The van der Waals surface area contributed by atoms with Crippen LogP contribution in [0.2, 0.25) is 0 Å². The number of carbonyl (C=O) groups excluding carboxylic acids is 3. The van der Waals surface area contributed by atoms with Gasteiger partial charge in [-0.3, -0.25) is 14.4 Å². The van der Waals surface area contributed by atoms with E-state index in [0.717, 1.165) is 70.6 Å². The van der Waals surface area contributed by atoms with Crippen LogP contribution in [0.25, 0.3) is 0 Å². The Labute approximate surface area is 443 Å². The van der Waals surface area contributed by atoms with Crippen molar-refractivity contribution in [2.24, 2.45) is 0 Å². The lowest BCUT2D eigenvalue weighted by atomic mass is 10.0. The third-order valence-corrected chi connectivity index (χ3v) is 14.8. The number of unbranched alkanes of at least 4 members (excludes halogenated alkanes) is 47. The number of ether oxygens (including phenoxy) is 3. The van der Waals surface area contributed by atoms with E-state index in [-0.39, 0.29) is 31.1 Å². The second kappa shape index (κ2) is 60.7. The zero-order chi connectivity index (χ0) is 51.4. The topological polar surface area (TPSA) is 78.9 Å². The maximum Gasteiger partial charge on any atom is 0.306 e. The van der Waals surface area contributed by atoms with E-state index in [1.807, 2.05) is 0 Å². The number of allylic oxidation sites excluding steroid dienone is 2. The molecular formula is C65H124O6. The van der Waals surface area contributed by atoms with Gasteiger partial charge in [0.05, 0.1) is 0 Å². The van der Waals surface area contributed by atoms with Crippen molar-refractivity contribution in [3.8, 4) is 0 Å². The second-order valence-corrected chi connectivity index (χ2v) is 22.0. The minimum atomic E-state index is -0.767. The average Bonchev–Trinajstić information content (AvgIpc) is 3.37. The Kier molecular flexibility index (Phi) is 59.1. The van der Waals surface area contributed by atoms with Gasteiger partial charge in [0.2, 0.25) is 0 Å². The van der Waals surface area contributed by atoms with Gasteiger partial charge < -0.3 is 14.2 Å². The highest BCUT2D eigenvalue weighted by Crippen LogP contribution is 2.19. The van der Waals surface area contributed by atoms with Crippen LogP contribution in [0.3, 0.4) is 0 Å². The quantitative estimate of drug-likeness (QED) is 0.0261. The van der Waals surface area contributed by atoms with Gasteiger partial charge in [-0.2, -0.15) is 0 Å². The molecule has 0 bridgehead atoms. The summed E-state index contributed by atoms with van der Waals surface area (Å²) >= 11 is 0. The van der Waals surface area contributed by atoms with Crippen molar-refractivity contribution in [2.45, 2.75) is 374 Å². The first kappa shape index (κ1) is 69.2. The van der Waals surface area contributed by atoms with E-state index in [4.69, 9.17) is 14.2 Å². The molecule has 1 unspecified atom stereocenters. The second-order valence-electron chi connectivity index (χ2n) is 22.0. The fourth-order valence-electron chi connectivity index (χ4n) is 9.92. The molecule has 0 heterocycles. The molecule has 1 atom stereocenters. The Morgan fingerprint density at radius 2 is 0.493 bits per heavy atom. The largest absolute Gasteiger partial charge is 0.462 e. The van der Waals surface area contributed by atoms with Crippen LogP contribution in [0.5, 0.6) is 0 Å². The molecule has 0 aliphatic carbocycles. The first-order chi connectivity index (χ1) is 35.0. The molecule has 0 saturated carbocycles. The number of rotatable bonds is 60. The highest BCUT2D eigenvalue weighted by molar-refractivity contribution is 5.71. The van der Waals surface area contributed by atoms with E-state index >= 15 is 0 Å². The van der Waals surface area contributed by atoms with Gasteiger partial charge in [0.15, 0.2) is 6.10 Å². The molecular weight excluding hydrogens is 877 g/mol. The van der Waals surface area contributed by atoms with Crippen molar-refractivity contribution in [3.05, 3.63) is 12.2 Å². The summed E-state index contributed by atoms with van der Waals surface area (Å²) < 4.78 is 16.8. The fraction of sp³-hybridized carbons (Fsp3) is 0.923. The normalized spacial score (nSPS) is 12.0. The number of esters is 3. The van der Waals surface area contributed by atoms with Crippen molar-refractivity contribution in [3.63, 3.8) is 0 Å². The first-order valence-electron chi connectivity index (χ1n) is 32.2. The molecule has 0 radical (unpaired) electrons. The number of carbonyl (C=O) groups is 3. The molecule has 0 aromatic heterocycles. The molecule has 6 heteroatoms. The van der Waals surface area contributed by atoms with Crippen LogP contribution in [0.4, 0.5) is 0 Å². The molecule has 0 aliphatic heterocycles. The van der Waals surface area contributed by atoms with E-state index in [0.29, 0.717) is 19.3 Å². The minimum absolute atomic E-state index is 0.0686. The molecule has 0 aliphatic rings. The van der Waals surface area contributed by atoms with Crippen molar-refractivity contribution in [1.29, 1.82) is 0 Å². The lowest BCUT2D eigenvalue weighted by Gasteiger charge is -2.18. The summed E-state index contributed by atoms with van der Waals surface area (Å²) in [5.41, 5.74) is 0. The molecule has 0 spiro atoms. The number of hydrogen-bond acceptors (Lipinski definition) is 6. The van der Waals surface area contributed by atoms with Crippen molar-refractivity contribution >= 4 is 17.9 Å². The van der Waals surface area contributed by atoms with Crippen LogP contribution in [-0.4, -0.2) is 37.2 Å². The molecule has 0 fully saturated rings. The maximum absolute atomic E-state index is 12.7. The lowest BCUT2D eigenvalue weighted by molar-refractivity contribution is -0.167. The molecule has 420 valence electrons. The van der Waals surface area contributed by atoms with Gasteiger partial charge in [0.25, 0.3) is 0 Å². The Morgan fingerprint density at radius 1 is 0.268 bits per heavy atom. The highest BCUT2D eigenvalue weighted by atomic mass is 16.6. The van der Waals surface area contributed by atoms with E-state index in [1.165, 1.54) is 257 Å². The van der Waals surface area contributed by atoms with Crippen LogP contribution in [-0.2, 0) is 28.6 Å². The average molecular weight is 1000 g/mol. The molecule has 0 amide bonds. The standard InChI is InChI=1S/C65H124O6/c1-4-7-10-13-16-19-21-22-23-24-25-26-27-28-29-30-31-32-33-34-35-36-37-38-39-40-41-42-43-44-45-47-49-52-55-58-64(67)70-61-62(60-69-63(66)57-54-51-48-18-15-12-9-6-3)71-65(68)59-56-53-50-46-20-17-14-11-8-5-2/h11,14,62H,4-10,12-13,15-61H2,1-3H3/b14-11-. The van der Waals surface area contributed by atoms with E-state index in [2.05, 4.69) is 32.9 Å². The number of hydrogen-bond donors (Lipinski definition) is 0.